The Kier molecular flexibility index (Phi) is 6.57. The lowest BCUT2D eigenvalue weighted by molar-refractivity contribution is -0.218. The van der Waals surface area contributed by atoms with Gasteiger partial charge in [0.05, 0.1) is 26.4 Å². The molecule has 2 saturated heterocycles. The van der Waals surface area contributed by atoms with Gasteiger partial charge < -0.3 is 18.9 Å². The second kappa shape index (κ2) is 8.20. The predicted octanol–water partition coefficient (Wildman–Crippen LogP) is 2.95. The Labute approximate surface area is 116 Å². The van der Waals surface area contributed by atoms with E-state index in [1.807, 2.05) is 0 Å². The van der Waals surface area contributed by atoms with Gasteiger partial charge in [-0.1, -0.05) is 20.3 Å². The average molecular weight is 272 g/mol. The van der Waals surface area contributed by atoms with E-state index in [9.17, 15) is 0 Å². The van der Waals surface area contributed by atoms with Crippen molar-refractivity contribution in [3.05, 3.63) is 0 Å². The Morgan fingerprint density at radius 3 is 1.74 bits per heavy atom. The van der Waals surface area contributed by atoms with Crippen LogP contribution in [0.25, 0.3) is 0 Å². The normalized spacial score (nSPS) is 36.3. The van der Waals surface area contributed by atoms with Crippen molar-refractivity contribution < 1.29 is 18.9 Å². The Hall–Kier alpha value is -0.160. The van der Waals surface area contributed by atoms with E-state index in [4.69, 9.17) is 18.9 Å². The zero-order valence-electron chi connectivity index (χ0n) is 12.3. The molecule has 112 valence electrons. The van der Waals surface area contributed by atoms with Crippen LogP contribution in [0.1, 0.15) is 46.0 Å². The van der Waals surface area contributed by atoms with Gasteiger partial charge in [0.15, 0.2) is 12.6 Å². The van der Waals surface area contributed by atoms with Gasteiger partial charge in [-0.15, -0.1) is 0 Å². The predicted molar refractivity (Wildman–Crippen MR) is 72.8 cm³/mol. The molecule has 2 heterocycles. The molecule has 0 aliphatic carbocycles. The Morgan fingerprint density at radius 1 is 0.684 bits per heavy atom. The zero-order chi connectivity index (χ0) is 13.5. The van der Waals surface area contributed by atoms with Crippen LogP contribution in [0.4, 0.5) is 0 Å². The van der Waals surface area contributed by atoms with Crippen LogP contribution in [0.15, 0.2) is 0 Å². The third-order valence-corrected chi connectivity index (χ3v) is 3.91. The molecule has 4 heteroatoms. The molecule has 2 aliphatic rings. The summed E-state index contributed by atoms with van der Waals surface area (Å²) in [5.41, 5.74) is 0. The third kappa shape index (κ3) is 5.03. The van der Waals surface area contributed by atoms with Gasteiger partial charge in [0.1, 0.15) is 0 Å². The van der Waals surface area contributed by atoms with Gasteiger partial charge in [-0.25, -0.2) is 0 Å². The van der Waals surface area contributed by atoms with Gasteiger partial charge in [-0.2, -0.15) is 0 Å². The summed E-state index contributed by atoms with van der Waals surface area (Å²) in [7, 11) is 0. The molecular formula is C15H28O4. The van der Waals surface area contributed by atoms with E-state index in [0.717, 1.165) is 45.7 Å². The van der Waals surface area contributed by atoms with Crippen molar-refractivity contribution in [2.24, 2.45) is 11.8 Å². The van der Waals surface area contributed by atoms with Crippen LogP contribution in [0.5, 0.6) is 0 Å². The Bertz CT molecular complexity index is 230. The fraction of sp³-hybridized carbons (Fsp3) is 1.00. The fourth-order valence-electron chi connectivity index (χ4n) is 2.68. The summed E-state index contributed by atoms with van der Waals surface area (Å²) < 4.78 is 22.8. The van der Waals surface area contributed by atoms with Crippen molar-refractivity contribution in [1.29, 1.82) is 0 Å². The molecule has 0 amide bonds. The molecule has 2 rings (SSSR count). The molecule has 0 bridgehead atoms. The summed E-state index contributed by atoms with van der Waals surface area (Å²) in [5.74, 6) is 1.08. The van der Waals surface area contributed by atoms with Crippen LogP contribution in [0, 0.1) is 11.8 Å². The monoisotopic (exact) mass is 272 g/mol. The van der Waals surface area contributed by atoms with Crippen molar-refractivity contribution in [1.82, 2.24) is 0 Å². The fourth-order valence-corrected chi connectivity index (χ4v) is 2.68. The van der Waals surface area contributed by atoms with Gasteiger partial charge in [0, 0.05) is 11.8 Å². The van der Waals surface area contributed by atoms with E-state index in [1.54, 1.807) is 0 Å². The van der Waals surface area contributed by atoms with Gasteiger partial charge in [0.25, 0.3) is 0 Å². The molecule has 0 aromatic rings. The number of rotatable bonds is 6. The first-order chi connectivity index (χ1) is 9.31. The molecule has 0 aromatic carbocycles. The lowest BCUT2D eigenvalue weighted by Gasteiger charge is -2.32. The molecule has 0 aromatic heterocycles. The highest BCUT2D eigenvalue weighted by Gasteiger charge is 2.25. The van der Waals surface area contributed by atoms with Crippen molar-refractivity contribution in [2.75, 3.05) is 26.4 Å². The highest BCUT2D eigenvalue weighted by molar-refractivity contribution is 4.67. The molecule has 0 radical (unpaired) electrons. The smallest absolute Gasteiger partial charge is 0.157 e. The third-order valence-electron chi connectivity index (χ3n) is 3.91. The topological polar surface area (TPSA) is 36.9 Å². The number of hydrogen-bond acceptors (Lipinski definition) is 4. The van der Waals surface area contributed by atoms with Crippen LogP contribution in [0.3, 0.4) is 0 Å². The molecular weight excluding hydrogens is 244 g/mol. The SMILES string of the molecule is CCCC1COC(CCC2COC(CC)OC2)OC1. The van der Waals surface area contributed by atoms with Gasteiger partial charge in [-0.05, 0) is 25.7 Å². The lowest BCUT2D eigenvalue weighted by atomic mass is 10.0. The summed E-state index contributed by atoms with van der Waals surface area (Å²) in [6.07, 6.45) is 5.34. The molecule has 0 atom stereocenters. The summed E-state index contributed by atoms with van der Waals surface area (Å²) in [6.45, 7) is 7.62. The van der Waals surface area contributed by atoms with Crippen LogP contribution < -0.4 is 0 Å². The molecule has 4 nitrogen and oxygen atoms in total. The van der Waals surface area contributed by atoms with Crippen LogP contribution >= 0.6 is 0 Å². The Morgan fingerprint density at radius 2 is 1.21 bits per heavy atom. The van der Waals surface area contributed by atoms with Crippen molar-refractivity contribution in [2.45, 2.75) is 58.5 Å². The van der Waals surface area contributed by atoms with E-state index < -0.39 is 0 Å². The summed E-state index contributed by atoms with van der Waals surface area (Å²) in [4.78, 5) is 0. The van der Waals surface area contributed by atoms with E-state index in [0.29, 0.717) is 11.8 Å². The first kappa shape index (κ1) is 15.2. The molecule has 2 aliphatic heterocycles. The lowest BCUT2D eigenvalue weighted by Crippen LogP contribution is -2.35. The van der Waals surface area contributed by atoms with E-state index >= 15 is 0 Å². The van der Waals surface area contributed by atoms with Gasteiger partial charge in [0.2, 0.25) is 0 Å². The first-order valence-corrected chi connectivity index (χ1v) is 7.78. The van der Waals surface area contributed by atoms with Crippen molar-refractivity contribution >= 4 is 0 Å². The highest BCUT2D eigenvalue weighted by Crippen LogP contribution is 2.22. The number of hydrogen-bond donors (Lipinski definition) is 0. The number of ether oxygens (including phenoxy) is 4. The average Bonchev–Trinajstić information content (AvgIpc) is 2.47. The molecule has 2 fully saturated rings. The summed E-state index contributed by atoms with van der Waals surface area (Å²) in [6, 6.07) is 0. The molecule has 0 unspecified atom stereocenters. The first-order valence-electron chi connectivity index (χ1n) is 7.78. The van der Waals surface area contributed by atoms with Crippen molar-refractivity contribution in [3.8, 4) is 0 Å². The van der Waals surface area contributed by atoms with Crippen LogP contribution in [-0.2, 0) is 18.9 Å². The second-order valence-electron chi connectivity index (χ2n) is 5.70. The van der Waals surface area contributed by atoms with Gasteiger partial charge >= 0.3 is 0 Å². The standard InChI is InChI=1S/C15H28O4/c1-3-5-12-8-18-15(19-9-12)7-6-13-10-16-14(4-2)17-11-13/h12-15H,3-11H2,1-2H3. The molecule has 19 heavy (non-hydrogen) atoms. The van der Waals surface area contributed by atoms with Gasteiger partial charge in [-0.3, -0.25) is 0 Å². The maximum Gasteiger partial charge on any atom is 0.157 e. The van der Waals surface area contributed by atoms with E-state index in [1.165, 1.54) is 12.8 Å². The minimum atomic E-state index is -0.0167. The molecule has 0 spiro atoms. The van der Waals surface area contributed by atoms with Crippen molar-refractivity contribution in [3.63, 3.8) is 0 Å². The Balaban J connectivity index is 1.57. The quantitative estimate of drug-likeness (QED) is 0.745. The minimum absolute atomic E-state index is 0.00762. The summed E-state index contributed by atoms with van der Waals surface area (Å²) in [5, 5.41) is 0. The highest BCUT2D eigenvalue weighted by atomic mass is 16.7. The minimum Gasteiger partial charge on any atom is -0.352 e. The van der Waals surface area contributed by atoms with E-state index in [2.05, 4.69) is 13.8 Å². The maximum atomic E-state index is 5.77. The summed E-state index contributed by atoms with van der Waals surface area (Å²) >= 11 is 0. The van der Waals surface area contributed by atoms with Crippen LogP contribution in [-0.4, -0.2) is 39.0 Å². The maximum absolute atomic E-state index is 5.77. The van der Waals surface area contributed by atoms with Crippen LogP contribution in [0.2, 0.25) is 0 Å². The zero-order valence-corrected chi connectivity index (χ0v) is 12.3. The second-order valence-corrected chi connectivity index (χ2v) is 5.70. The van der Waals surface area contributed by atoms with E-state index in [-0.39, 0.29) is 12.6 Å². The largest absolute Gasteiger partial charge is 0.352 e. The molecule has 0 saturated carbocycles. The molecule has 0 N–H and O–H groups in total.